The maximum Gasteiger partial charge on any atom is 0.255 e. The fourth-order valence-corrected chi connectivity index (χ4v) is 3.60. The largest absolute Gasteiger partial charge is 0.398 e. The molecule has 1 atom stereocenters. The number of nitrogens with zero attached hydrogens (tertiary/aromatic N) is 4. The minimum absolute atomic E-state index is 0.0199. The van der Waals surface area contributed by atoms with Gasteiger partial charge in [-0.1, -0.05) is 24.3 Å². The first-order chi connectivity index (χ1) is 12.2. The van der Waals surface area contributed by atoms with E-state index in [0.717, 1.165) is 43.2 Å². The molecule has 2 N–H and O–H groups in total. The highest BCUT2D eigenvalue weighted by Gasteiger charge is 2.26. The molecule has 1 aromatic heterocycles. The number of piperidine rings is 1. The van der Waals surface area contributed by atoms with Crippen LogP contribution in [0.15, 0.2) is 49.1 Å². The first kappa shape index (κ1) is 15.6. The van der Waals surface area contributed by atoms with E-state index in [1.165, 1.54) is 0 Å². The summed E-state index contributed by atoms with van der Waals surface area (Å²) in [4.78, 5) is 18.9. The normalized spacial score (nSPS) is 17.8. The molecule has 3 aromatic rings. The van der Waals surface area contributed by atoms with Gasteiger partial charge in [-0.15, -0.1) is 0 Å². The molecular weight excluding hydrogens is 314 g/mol. The predicted octanol–water partition coefficient (Wildman–Crippen LogP) is 2.57. The lowest BCUT2D eigenvalue weighted by molar-refractivity contribution is 0.0661. The van der Waals surface area contributed by atoms with Crippen LogP contribution in [0.25, 0.3) is 10.8 Å². The molecule has 2 aromatic carbocycles. The number of hydrogen-bond acceptors (Lipinski definition) is 4. The summed E-state index contributed by atoms with van der Waals surface area (Å²) in [6.07, 6.45) is 5.36. The van der Waals surface area contributed by atoms with Crippen molar-refractivity contribution in [3.63, 3.8) is 0 Å². The van der Waals surface area contributed by atoms with Crippen molar-refractivity contribution >= 4 is 22.4 Å². The lowest BCUT2D eigenvalue weighted by atomic mass is 9.96. The number of aromatic nitrogens is 3. The Hall–Kier alpha value is -2.89. The van der Waals surface area contributed by atoms with Gasteiger partial charge in [-0.25, -0.2) is 4.98 Å². The summed E-state index contributed by atoms with van der Waals surface area (Å²) >= 11 is 0. The Balaban J connectivity index is 1.54. The SMILES string of the molecule is Nc1cc2ccccc2cc1C(=O)N1CCCC(Cn2cncn2)C1. The lowest BCUT2D eigenvalue weighted by Gasteiger charge is -2.33. The summed E-state index contributed by atoms with van der Waals surface area (Å²) in [5.74, 6) is 0.410. The quantitative estimate of drug-likeness (QED) is 0.746. The molecule has 1 saturated heterocycles. The van der Waals surface area contributed by atoms with Crippen LogP contribution < -0.4 is 5.73 Å². The van der Waals surface area contributed by atoms with Gasteiger partial charge < -0.3 is 10.6 Å². The number of hydrogen-bond donors (Lipinski definition) is 1. The number of nitrogens with two attached hydrogens (primary N) is 1. The Morgan fingerprint density at radius 3 is 2.80 bits per heavy atom. The maximum atomic E-state index is 13.0. The van der Waals surface area contributed by atoms with Gasteiger partial charge in [-0.05, 0) is 41.7 Å². The zero-order valence-corrected chi connectivity index (χ0v) is 14.0. The predicted molar refractivity (Wildman–Crippen MR) is 97.0 cm³/mol. The number of benzene rings is 2. The van der Waals surface area contributed by atoms with Crippen molar-refractivity contribution in [3.8, 4) is 0 Å². The summed E-state index contributed by atoms with van der Waals surface area (Å²) in [5.41, 5.74) is 7.31. The van der Waals surface area contributed by atoms with Crippen molar-refractivity contribution in [2.24, 2.45) is 5.92 Å². The van der Waals surface area contributed by atoms with E-state index >= 15 is 0 Å². The Morgan fingerprint density at radius 2 is 2.04 bits per heavy atom. The van der Waals surface area contributed by atoms with Crippen LogP contribution in [0, 0.1) is 5.92 Å². The summed E-state index contributed by atoms with van der Waals surface area (Å²) < 4.78 is 1.84. The molecule has 1 aliphatic heterocycles. The maximum absolute atomic E-state index is 13.0. The fourth-order valence-electron chi connectivity index (χ4n) is 3.60. The summed E-state index contributed by atoms with van der Waals surface area (Å²) in [5, 5.41) is 6.26. The number of likely N-dealkylation sites (tertiary alicyclic amines) is 1. The Kier molecular flexibility index (Phi) is 4.09. The number of rotatable bonds is 3. The molecule has 4 rings (SSSR count). The molecule has 0 saturated carbocycles. The van der Waals surface area contributed by atoms with Gasteiger partial charge in [-0.2, -0.15) is 5.10 Å². The van der Waals surface area contributed by atoms with E-state index in [1.807, 2.05) is 46.0 Å². The second-order valence-electron chi connectivity index (χ2n) is 6.66. The minimum Gasteiger partial charge on any atom is -0.398 e. The van der Waals surface area contributed by atoms with Crippen LogP contribution in [-0.2, 0) is 6.54 Å². The van der Waals surface area contributed by atoms with Crippen molar-refractivity contribution < 1.29 is 4.79 Å². The molecule has 1 fully saturated rings. The molecule has 6 nitrogen and oxygen atoms in total. The van der Waals surface area contributed by atoms with Gasteiger partial charge in [0.15, 0.2) is 0 Å². The first-order valence-corrected chi connectivity index (χ1v) is 8.60. The number of nitrogen functional groups attached to an aromatic ring is 1. The molecule has 2 heterocycles. The highest BCUT2D eigenvalue weighted by atomic mass is 16.2. The standard InChI is InChI=1S/C19H21N5O/c20-18-9-16-6-2-1-5-15(16)8-17(18)19(25)23-7-3-4-14(10-23)11-24-13-21-12-22-24/h1-2,5-6,8-9,12-14H,3-4,7,10-11,20H2. The second kappa shape index (κ2) is 6.55. The number of fused-ring (bicyclic) bond motifs is 1. The fraction of sp³-hybridized carbons (Fsp3) is 0.316. The van der Waals surface area contributed by atoms with E-state index in [1.54, 1.807) is 12.7 Å². The van der Waals surface area contributed by atoms with E-state index in [9.17, 15) is 4.79 Å². The Bertz CT molecular complexity index is 890. The van der Waals surface area contributed by atoms with Crippen LogP contribution in [-0.4, -0.2) is 38.7 Å². The molecule has 1 aliphatic rings. The zero-order valence-electron chi connectivity index (χ0n) is 14.0. The number of carbonyl (C=O) groups excluding carboxylic acids is 1. The molecule has 6 heteroatoms. The minimum atomic E-state index is 0.0199. The molecule has 128 valence electrons. The van der Waals surface area contributed by atoms with E-state index in [2.05, 4.69) is 10.1 Å². The van der Waals surface area contributed by atoms with Gasteiger partial charge in [0.2, 0.25) is 0 Å². The van der Waals surface area contributed by atoms with Crippen molar-refractivity contribution in [1.82, 2.24) is 19.7 Å². The molecule has 1 unspecified atom stereocenters. The monoisotopic (exact) mass is 335 g/mol. The van der Waals surface area contributed by atoms with Gasteiger partial charge in [0, 0.05) is 25.3 Å². The highest BCUT2D eigenvalue weighted by molar-refractivity contribution is 6.03. The smallest absolute Gasteiger partial charge is 0.255 e. The van der Waals surface area contributed by atoms with Crippen LogP contribution in [0.4, 0.5) is 5.69 Å². The van der Waals surface area contributed by atoms with E-state index in [4.69, 9.17) is 5.73 Å². The van der Waals surface area contributed by atoms with Gasteiger partial charge >= 0.3 is 0 Å². The molecule has 0 bridgehead atoms. The van der Waals surface area contributed by atoms with Crippen molar-refractivity contribution in [2.45, 2.75) is 19.4 Å². The van der Waals surface area contributed by atoms with Crippen molar-refractivity contribution in [2.75, 3.05) is 18.8 Å². The molecule has 1 amide bonds. The van der Waals surface area contributed by atoms with Crippen LogP contribution in [0.3, 0.4) is 0 Å². The first-order valence-electron chi connectivity index (χ1n) is 8.60. The second-order valence-corrected chi connectivity index (χ2v) is 6.66. The Morgan fingerprint density at radius 1 is 1.24 bits per heavy atom. The Labute approximate surface area is 146 Å². The molecule has 25 heavy (non-hydrogen) atoms. The van der Waals surface area contributed by atoms with Gasteiger partial charge in [-0.3, -0.25) is 9.48 Å². The highest BCUT2D eigenvalue weighted by Crippen LogP contribution is 2.25. The van der Waals surface area contributed by atoms with Gasteiger partial charge in [0.1, 0.15) is 12.7 Å². The van der Waals surface area contributed by atoms with Gasteiger partial charge in [0.25, 0.3) is 5.91 Å². The van der Waals surface area contributed by atoms with Gasteiger partial charge in [0.05, 0.1) is 5.56 Å². The third-order valence-corrected chi connectivity index (χ3v) is 4.87. The third kappa shape index (κ3) is 3.20. The average molecular weight is 335 g/mol. The number of amides is 1. The zero-order chi connectivity index (χ0) is 17.2. The van der Waals surface area contributed by atoms with Crippen LogP contribution in [0.1, 0.15) is 23.2 Å². The molecule has 0 aliphatic carbocycles. The van der Waals surface area contributed by atoms with Crippen LogP contribution in [0.5, 0.6) is 0 Å². The summed E-state index contributed by atoms with van der Waals surface area (Å²) in [6, 6.07) is 11.8. The molecular formula is C19H21N5O. The van der Waals surface area contributed by atoms with Crippen molar-refractivity contribution in [1.29, 1.82) is 0 Å². The summed E-state index contributed by atoms with van der Waals surface area (Å²) in [7, 11) is 0. The molecule has 0 radical (unpaired) electrons. The molecule has 0 spiro atoms. The van der Waals surface area contributed by atoms with E-state index in [0.29, 0.717) is 17.2 Å². The lowest BCUT2D eigenvalue weighted by Crippen LogP contribution is -2.41. The summed E-state index contributed by atoms with van der Waals surface area (Å²) in [6.45, 7) is 2.29. The van der Waals surface area contributed by atoms with Crippen LogP contribution in [0.2, 0.25) is 0 Å². The topological polar surface area (TPSA) is 77.0 Å². The van der Waals surface area contributed by atoms with Crippen molar-refractivity contribution in [3.05, 3.63) is 54.6 Å². The number of carbonyl (C=O) groups is 1. The number of anilines is 1. The van der Waals surface area contributed by atoms with E-state index in [-0.39, 0.29) is 5.91 Å². The van der Waals surface area contributed by atoms with Crippen LogP contribution >= 0.6 is 0 Å². The van der Waals surface area contributed by atoms with E-state index < -0.39 is 0 Å². The average Bonchev–Trinajstić information content (AvgIpc) is 3.14. The third-order valence-electron chi connectivity index (χ3n) is 4.87.